The fourth-order valence-corrected chi connectivity index (χ4v) is 2.68. The maximum Gasteiger partial charge on any atom is 0.528 e. The largest absolute Gasteiger partial charge is 0.528 e. The van der Waals surface area contributed by atoms with E-state index in [-0.39, 0.29) is 29.9 Å². The number of ether oxygens (including phenoxy) is 1. The molecule has 1 aromatic carbocycles. The molecule has 0 aliphatic heterocycles. The van der Waals surface area contributed by atoms with Crippen LogP contribution in [0.4, 0.5) is 10.5 Å². The van der Waals surface area contributed by atoms with Crippen LogP contribution >= 0.6 is 0 Å². The number of carbonyl (C=O) groups is 3. The number of hydrogen-bond donors (Lipinski definition) is 1. The Morgan fingerprint density at radius 2 is 1.73 bits per heavy atom. The fraction of sp³-hybridized carbons (Fsp3) is 0.522. The Morgan fingerprint density at radius 1 is 1.13 bits per heavy atom. The summed E-state index contributed by atoms with van der Waals surface area (Å²) in [6.07, 6.45) is 0.800. The van der Waals surface area contributed by atoms with Crippen molar-refractivity contribution in [1.29, 1.82) is 0 Å². The second-order valence-corrected chi connectivity index (χ2v) is 8.45. The lowest BCUT2D eigenvalue weighted by molar-refractivity contribution is -0.126. The highest BCUT2D eigenvalue weighted by atomic mass is 16.8. The van der Waals surface area contributed by atoms with Crippen molar-refractivity contribution < 1.29 is 24.0 Å². The summed E-state index contributed by atoms with van der Waals surface area (Å²) in [5.41, 5.74) is 2.73. The second kappa shape index (κ2) is 11.5. The number of para-hydroxylation sites is 1. The summed E-state index contributed by atoms with van der Waals surface area (Å²) >= 11 is 0. The van der Waals surface area contributed by atoms with Crippen LogP contribution < -0.4 is 10.4 Å². The molecule has 0 aliphatic carbocycles. The van der Waals surface area contributed by atoms with Crippen LogP contribution in [0.5, 0.6) is 0 Å². The summed E-state index contributed by atoms with van der Waals surface area (Å²) in [5, 5.41) is 0. The number of nitrogens with zero attached hydrogens (tertiary/aromatic N) is 1. The number of hydrogen-bond acceptors (Lipinski definition) is 6. The van der Waals surface area contributed by atoms with Crippen LogP contribution in [0.3, 0.4) is 0 Å². The molecule has 0 fully saturated rings. The fourth-order valence-electron chi connectivity index (χ4n) is 2.68. The molecule has 0 heterocycles. The molecule has 0 aromatic heterocycles. The molecule has 1 atom stereocenters. The third-order valence-corrected chi connectivity index (χ3v) is 4.06. The van der Waals surface area contributed by atoms with Gasteiger partial charge in [-0.05, 0) is 45.7 Å². The predicted molar refractivity (Wildman–Crippen MR) is 117 cm³/mol. The molecule has 1 N–H and O–H groups in total. The first kappa shape index (κ1) is 25.4. The van der Waals surface area contributed by atoms with Gasteiger partial charge in [-0.1, -0.05) is 52.0 Å². The van der Waals surface area contributed by atoms with Crippen LogP contribution in [0.25, 0.3) is 0 Å². The monoisotopic (exact) mass is 418 g/mol. The summed E-state index contributed by atoms with van der Waals surface area (Å²) in [5.74, 6) is -1.14. The Balaban J connectivity index is 2.89. The van der Waals surface area contributed by atoms with Gasteiger partial charge >= 0.3 is 6.16 Å². The van der Waals surface area contributed by atoms with Gasteiger partial charge in [0, 0.05) is 17.5 Å². The van der Waals surface area contributed by atoms with Crippen molar-refractivity contribution >= 4 is 23.7 Å². The van der Waals surface area contributed by atoms with E-state index in [2.05, 4.69) is 12.1 Å². The van der Waals surface area contributed by atoms with Gasteiger partial charge in [0.1, 0.15) is 5.60 Å². The Hall–Kier alpha value is -2.67. The van der Waals surface area contributed by atoms with Crippen molar-refractivity contribution in [2.75, 3.05) is 4.90 Å². The number of benzene rings is 1. The Morgan fingerprint density at radius 3 is 2.23 bits per heavy atom. The SMILES string of the molecule is C=C(C[C@H](CCC)NOC(=O)OC(C)(C)C)C(=O)N(C(=O)C(C)C)c1ccccc1. The van der Waals surface area contributed by atoms with Crippen molar-refractivity contribution in [2.45, 2.75) is 72.4 Å². The van der Waals surface area contributed by atoms with E-state index in [0.29, 0.717) is 12.1 Å². The van der Waals surface area contributed by atoms with Gasteiger partial charge in [-0.2, -0.15) is 0 Å². The maximum absolute atomic E-state index is 13.1. The van der Waals surface area contributed by atoms with E-state index in [4.69, 9.17) is 9.57 Å². The number of carbonyl (C=O) groups excluding carboxylic acids is 3. The van der Waals surface area contributed by atoms with Crippen LogP contribution in [0.2, 0.25) is 0 Å². The van der Waals surface area contributed by atoms with E-state index < -0.39 is 17.7 Å². The van der Waals surface area contributed by atoms with Gasteiger partial charge in [0.15, 0.2) is 0 Å². The molecule has 0 spiro atoms. The van der Waals surface area contributed by atoms with Gasteiger partial charge in [-0.3, -0.25) is 9.59 Å². The number of nitrogens with one attached hydrogen (secondary N) is 1. The third-order valence-electron chi connectivity index (χ3n) is 4.06. The number of rotatable bonds is 9. The smallest absolute Gasteiger partial charge is 0.427 e. The van der Waals surface area contributed by atoms with Crippen LogP contribution in [0, 0.1) is 5.92 Å². The summed E-state index contributed by atoms with van der Waals surface area (Å²) in [6, 6.07) is 8.42. The highest BCUT2D eigenvalue weighted by Gasteiger charge is 2.28. The molecule has 166 valence electrons. The van der Waals surface area contributed by atoms with Gasteiger partial charge in [0.05, 0.1) is 5.69 Å². The van der Waals surface area contributed by atoms with Crippen molar-refractivity contribution in [1.82, 2.24) is 5.48 Å². The molecule has 0 saturated heterocycles. The molecular formula is C23H34N2O5. The molecule has 1 aromatic rings. The van der Waals surface area contributed by atoms with E-state index in [1.54, 1.807) is 58.9 Å². The zero-order chi connectivity index (χ0) is 22.9. The van der Waals surface area contributed by atoms with Crippen LogP contribution in [0.15, 0.2) is 42.5 Å². The first-order chi connectivity index (χ1) is 14.0. The molecule has 30 heavy (non-hydrogen) atoms. The maximum atomic E-state index is 13.1. The van der Waals surface area contributed by atoms with Crippen molar-refractivity contribution in [3.63, 3.8) is 0 Å². The minimum Gasteiger partial charge on any atom is -0.427 e. The predicted octanol–water partition coefficient (Wildman–Crippen LogP) is 4.77. The standard InChI is InChI=1S/C23H34N2O5/c1-8-12-18(24-30-22(28)29-23(5,6)7)15-17(4)21(27)25(20(26)16(2)3)19-13-10-9-11-14-19/h9-11,13-14,16,18,24H,4,8,12,15H2,1-3,5-7H3/t18-/m0/s1. The van der Waals surface area contributed by atoms with Gasteiger partial charge in [-0.15, -0.1) is 5.48 Å². The van der Waals surface area contributed by atoms with Gasteiger partial charge < -0.3 is 9.57 Å². The normalized spacial score (nSPS) is 12.2. The van der Waals surface area contributed by atoms with E-state index in [0.717, 1.165) is 11.3 Å². The number of hydroxylamine groups is 1. The quantitative estimate of drug-likeness (QED) is 0.353. The van der Waals surface area contributed by atoms with Crippen LogP contribution in [0.1, 0.15) is 60.8 Å². The Kier molecular flexibility index (Phi) is 9.72. The molecule has 0 bridgehead atoms. The summed E-state index contributed by atoms with van der Waals surface area (Å²) in [4.78, 5) is 43.8. The van der Waals surface area contributed by atoms with E-state index >= 15 is 0 Å². The lowest BCUT2D eigenvalue weighted by Gasteiger charge is -2.25. The van der Waals surface area contributed by atoms with Gasteiger partial charge in [0.25, 0.3) is 5.91 Å². The first-order valence-corrected chi connectivity index (χ1v) is 10.2. The first-order valence-electron chi connectivity index (χ1n) is 10.2. The highest BCUT2D eigenvalue weighted by Crippen LogP contribution is 2.21. The number of amides is 2. The Labute approximate surface area is 179 Å². The molecule has 1 rings (SSSR count). The van der Waals surface area contributed by atoms with E-state index in [1.165, 1.54) is 0 Å². The summed E-state index contributed by atoms with van der Waals surface area (Å²) in [7, 11) is 0. The van der Waals surface area contributed by atoms with Crippen molar-refractivity contribution in [3.8, 4) is 0 Å². The zero-order valence-corrected chi connectivity index (χ0v) is 18.9. The summed E-state index contributed by atoms with van der Waals surface area (Å²) < 4.78 is 5.11. The minimum atomic E-state index is -0.846. The molecule has 7 nitrogen and oxygen atoms in total. The third kappa shape index (κ3) is 8.37. The van der Waals surface area contributed by atoms with E-state index in [9.17, 15) is 14.4 Å². The lowest BCUT2D eigenvalue weighted by Crippen LogP contribution is -2.42. The molecule has 0 saturated carbocycles. The van der Waals surface area contributed by atoms with Gasteiger partial charge in [0.2, 0.25) is 5.91 Å². The second-order valence-electron chi connectivity index (χ2n) is 8.45. The molecule has 2 amide bonds. The molecular weight excluding hydrogens is 384 g/mol. The molecule has 0 aliphatic rings. The number of anilines is 1. The van der Waals surface area contributed by atoms with Crippen molar-refractivity contribution in [2.24, 2.45) is 5.92 Å². The molecule has 7 heteroatoms. The number of imide groups is 1. The average Bonchev–Trinajstić information content (AvgIpc) is 2.65. The zero-order valence-electron chi connectivity index (χ0n) is 18.9. The van der Waals surface area contributed by atoms with Gasteiger partial charge in [-0.25, -0.2) is 9.69 Å². The average molecular weight is 419 g/mol. The Bertz CT molecular complexity index is 738. The highest BCUT2D eigenvalue weighted by molar-refractivity contribution is 6.21. The molecule has 0 radical (unpaired) electrons. The topological polar surface area (TPSA) is 84.9 Å². The van der Waals surface area contributed by atoms with Crippen LogP contribution in [-0.2, 0) is 19.2 Å². The molecule has 0 unspecified atom stereocenters. The van der Waals surface area contributed by atoms with Crippen LogP contribution in [-0.4, -0.2) is 29.6 Å². The minimum absolute atomic E-state index is 0.212. The lowest BCUT2D eigenvalue weighted by atomic mass is 10.0. The van der Waals surface area contributed by atoms with E-state index in [1.807, 2.05) is 13.0 Å². The van der Waals surface area contributed by atoms with Crippen molar-refractivity contribution in [3.05, 3.63) is 42.5 Å². The summed E-state index contributed by atoms with van der Waals surface area (Å²) in [6.45, 7) is 14.6.